The maximum Gasteiger partial charge on any atom is 0.407 e. The quantitative estimate of drug-likeness (QED) is 0.705. The van der Waals surface area contributed by atoms with Gasteiger partial charge in [-0.2, -0.15) is 0 Å². The van der Waals surface area contributed by atoms with E-state index in [4.69, 9.17) is 9.47 Å². The van der Waals surface area contributed by atoms with E-state index in [0.717, 1.165) is 26.2 Å². The molecule has 2 unspecified atom stereocenters. The maximum atomic E-state index is 11.6. The van der Waals surface area contributed by atoms with Crippen molar-refractivity contribution < 1.29 is 14.3 Å². The Morgan fingerprint density at radius 2 is 2.05 bits per heavy atom. The van der Waals surface area contributed by atoms with Crippen molar-refractivity contribution in [1.29, 1.82) is 0 Å². The molecule has 1 amide bonds. The zero-order valence-electron chi connectivity index (χ0n) is 13.3. The molecule has 5 nitrogen and oxygen atoms in total. The van der Waals surface area contributed by atoms with E-state index in [0.29, 0.717) is 18.5 Å². The summed E-state index contributed by atoms with van der Waals surface area (Å²) in [4.78, 5) is 11.6. The largest absolute Gasteiger partial charge is 0.444 e. The van der Waals surface area contributed by atoms with Crippen molar-refractivity contribution in [2.24, 2.45) is 5.92 Å². The van der Waals surface area contributed by atoms with Gasteiger partial charge in [-0.25, -0.2) is 4.79 Å². The number of alkyl carbamates (subject to hydrolysis) is 1. The second-order valence-corrected chi connectivity index (χ2v) is 6.33. The van der Waals surface area contributed by atoms with Crippen LogP contribution >= 0.6 is 0 Å². The highest BCUT2D eigenvalue weighted by atomic mass is 16.6. The molecule has 0 aromatic heterocycles. The highest BCUT2D eigenvalue weighted by Gasteiger charge is 2.27. The Morgan fingerprint density at radius 1 is 1.30 bits per heavy atom. The van der Waals surface area contributed by atoms with Crippen LogP contribution < -0.4 is 10.6 Å². The molecular weight excluding hydrogens is 256 g/mol. The molecule has 20 heavy (non-hydrogen) atoms. The lowest BCUT2D eigenvalue weighted by molar-refractivity contribution is 0.0517. The van der Waals surface area contributed by atoms with Crippen LogP contribution in [0.5, 0.6) is 0 Å². The van der Waals surface area contributed by atoms with Crippen LogP contribution in [0.15, 0.2) is 0 Å². The number of amides is 1. The number of carbonyl (C=O) groups excluding carboxylic acids is 1. The molecule has 0 radical (unpaired) electrons. The van der Waals surface area contributed by atoms with Gasteiger partial charge in [-0.3, -0.25) is 0 Å². The Kier molecular flexibility index (Phi) is 7.30. The Morgan fingerprint density at radius 3 is 2.70 bits per heavy atom. The fourth-order valence-electron chi connectivity index (χ4n) is 2.54. The molecule has 0 spiro atoms. The molecule has 0 aromatic carbocycles. The predicted octanol–water partition coefficient (Wildman–Crippen LogP) is 2.31. The van der Waals surface area contributed by atoms with Gasteiger partial charge in [0.25, 0.3) is 0 Å². The number of rotatable bonds is 7. The number of ether oxygens (including phenoxy) is 2. The summed E-state index contributed by atoms with van der Waals surface area (Å²) in [6.07, 6.45) is 3.22. The number of nitrogens with one attached hydrogen (secondary N) is 2. The first-order valence-corrected chi connectivity index (χ1v) is 7.70. The van der Waals surface area contributed by atoms with E-state index < -0.39 is 5.60 Å². The summed E-state index contributed by atoms with van der Waals surface area (Å²) in [7, 11) is 0. The molecule has 2 N–H and O–H groups in total. The lowest BCUT2D eigenvalue weighted by Crippen LogP contribution is -2.41. The molecule has 2 atom stereocenters. The monoisotopic (exact) mass is 286 g/mol. The lowest BCUT2D eigenvalue weighted by atomic mass is 10.0. The minimum absolute atomic E-state index is 0.322. The van der Waals surface area contributed by atoms with Crippen molar-refractivity contribution in [3.63, 3.8) is 0 Å². The van der Waals surface area contributed by atoms with Crippen LogP contribution in [-0.2, 0) is 9.47 Å². The van der Waals surface area contributed by atoms with Crippen molar-refractivity contribution in [3.8, 4) is 0 Å². The van der Waals surface area contributed by atoms with Crippen LogP contribution in [0.1, 0.15) is 47.0 Å². The molecule has 1 aliphatic rings. The first-order valence-electron chi connectivity index (χ1n) is 7.70. The number of carbonyl (C=O) groups is 1. The Balaban J connectivity index is 2.22. The molecule has 1 rings (SSSR count). The Labute approximate surface area is 122 Å². The molecule has 1 fully saturated rings. The zero-order chi connectivity index (χ0) is 15.0. The van der Waals surface area contributed by atoms with Crippen LogP contribution in [0.2, 0.25) is 0 Å². The zero-order valence-corrected chi connectivity index (χ0v) is 13.3. The third-order valence-corrected chi connectivity index (χ3v) is 3.42. The summed E-state index contributed by atoms with van der Waals surface area (Å²) in [5.41, 5.74) is -0.436. The molecule has 0 aromatic rings. The van der Waals surface area contributed by atoms with Crippen molar-refractivity contribution >= 4 is 6.09 Å². The van der Waals surface area contributed by atoms with Crippen LogP contribution in [0.3, 0.4) is 0 Å². The molecule has 0 aliphatic heterocycles. The SMILES string of the molecule is CCOCCNC1CCCC1CNC(=O)OC(C)(C)C. The highest BCUT2D eigenvalue weighted by molar-refractivity contribution is 5.67. The normalized spacial score (nSPS) is 22.8. The van der Waals surface area contributed by atoms with Crippen molar-refractivity contribution in [2.45, 2.75) is 58.6 Å². The maximum absolute atomic E-state index is 11.6. The second-order valence-electron chi connectivity index (χ2n) is 6.33. The van der Waals surface area contributed by atoms with Gasteiger partial charge in [0.05, 0.1) is 6.61 Å². The van der Waals surface area contributed by atoms with Gasteiger partial charge in [-0.05, 0) is 46.5 Å². The standard InChI is InChI=1S/C15H30N2O3/c1-5-19-10-9-16-13-8-6-7-12(13)11-17-14(18)20-15(2,3)4/h12-13,16H,5-11H2,1-4H3,(H,17,18). The van der Waals surface area contributed by atoms with E-state index in [2.05, 4.69) is 10.6 Å². The summed E-state index contributed by atoms with van der Waals surface area (Å²) in [5.74, 6) is 0.490. The molecule has 5 heteroatoms. The summed E-state index contributed by atoms with van der Waals surface area (Å²) in [5, 5.41) is 6.40. The number of hydrogen-bond donors (Lipinski definition) is 2. The van der Waals surface area contributed by atoms with E-state index in [-0.39, 0.29) is 6.09 Å². The fraction of sp³-hybridized carbons (Fsp3) is 0.933. The Hall–Kier alpha value is -0.810. The minimum Gasteiger partial charge on any atom is -0.444 e. The van der Waals surface area contributed by atoms with Gasteiger partial charge in [-0.1, -0.05) is 6.42 Å². The van der Waals surface area contributed by atoms with Crippen molar-refractivity contribution in [3.05, 3.63) is 0 Å². The van der Waals surface area contributed by atoms with E-state index in [1.807, 2.05) is 27.7 Å². The highest BCUT2D eigenvalue weighted by Crippen LogP contribution is 2.25. The molecule has 1 aliphatic carbocycles. The van der Waals surface area contributed by atoms with Gasteiger partial charge in [0.2, 0.25) is 0 Å². The summed E-state index contributed by atoms with van der Waals surface area (Å²) < 4.78 is 10.6. The van der Waals surface area contributed by atoms with E-state index in [1.54, 1.807) is 0 Å². The topological polar surface area (TPSA) is 59.6 Å². The van der Waals surface area contributed by atoms with Gasteiger partial charge in [0.15, 0.2) is 0 Å². The molecule has 1 saturated carbocycles. The van der Waals surface area contributed by atoms with Gasteiger partial charge >= 0.3 is 6.09 Å². The first-order chi connectivity index (χ1) is 9.42. The summed E-state index contributed by atoms with van der Waals surface area (Å²) in [6.45, 7) is 10.7. The average Bonchev–Trinajstić information content (AvgIpc) is 2.77. The fourth-order valence-corrected chi connectivity index (χ4v) is 2.54. The Bertz CT molecular complexity index is 289. The van der Waals surface area contributed by atoms with Crippen molar-refractivity contribution in [2.75, 3.05) is 26.3 Å². The van der Waals surface area contributed by atoms with Gasteiger partial charge in [0, 0.05) is 25.7 Å². The first kappa shape index (κ1) is 17.2. The van der Waals surface area contributed by atoms with E-state index >= 15 is 0 Å². The van der Waals surface area contributed by atoms with Gasteiger partial charge < -0.3 is 20.1 Å². The minimum atomic E-state index is -0.436. The third-order valence-electron chi connectivity index (χ3n) is 3.42. The van der Waals surface area contributed by atoms with Crippen LogP contribution in [-0.4, -0.2) is 44.0 Å². The van der Waals surface area contributed by atoms with Crippen LogP contribution in [0, 0.1) is 5.92 Å². The summed E-state index contributed by atoms with van der Waals surface area (Å²) in [6, 6.07) is 0.477. The van der Waals surface area contributed by atoms with Gasteiger partial charge in [-0.15, -0.1) is 0 Å². The summed E-state index contributed by atoms with van der Waals surface area (Å²) >= 11 is 0. The smallest absolute Gasteiger partial charge is 0.407 e. The number of hydrogen-bond acceptors (Lipinski definition) is 4. The van der Waals surface area contributed by atoms with Crippen LogP contribution in [0.4, 0.5) is 4.79 Å². The predicted molar refractivity (Wildman–Crippen MR) is 79.9 cm³/mol. The van der Waals surface area contributed by atoms with Crippen LogP contribution in [0.25, 0.3) is 0 Å². The molecule has 0 heterocycles. The van der Waals surface area contributed by atoms with E-state index in [9.17, 15) is 4.79 Å². The van der Waals surface area contributed by atoms with Crippen molar-refractivity contribution in [1.82, 2.24) is 10.6 Å². The molecule has 0 bridgehead atoms. The lowest BCUT2D eigenvalue weighted by Gasteiger charge is -2.23. The average molecular weight is 286 g/mol. The second kappa shape index (κ2) is 8.47. The molecule has 0 saturated heterocycles. The molecule has 118 valence electrons. The van der Waals surface area contributed by atoms with E-state index in [1.165, 1.54) is 12.8 Å². The molecular formula is C15H30N2O3. The van der Waals surface area contributed by atoms with Gasteiger partial charge in [0.1, 0.15) is 5.60 Å². The third kappa shape index (κ3) is 7.10.